The van der Waals surface area contributed by atoms with E-state index in [-0.39, 0.29) is 30.1 Å². The van der Waals surface area contributed by atoms with Crippen LogP contribution in [0.3, 0.4) is 0 Å². The topological polar surface area (TPSA) is 151 Å². The second kappa shape index (κ2) is 7.48. The molecular formula is C12H14N4O5. The number of hydrogen-bond acceptors (Lipinski definition) is 6. The highest BCUT2D eigenvalue weighted by Crippen LogP contribution is 2.25. The molecule has 0 aliphatic rings. The molecular weight excluding hydrogens is 280 g/mol. The van der Waals surface area contributed by atoms with Crippen molar-refractivity contribution in [1.29, 1.82) is 0 Å². The molecule has 0 heterocycles. The third-order valence-corrected chi connectivity index (χ3v) is 2.38. The first-order valence-corrected chi connectivity index (χ1v) is 5.81. The molecule has 0 unspecified atom stereocenters. The van der Waals surface area contributed by atoms with Crippen LogP contribution in [0.5, 0.6) is 0 Å². The molecule has 112 valence electrons. The maximum atomic E-state index is 11.0. The number of nitrogens with two attached hydrogens (primary N) is 2. The number of nitro groups is 1. The quantitative estimate of drug-likeness (QED) is 0.383. The van der Waals surface area contributed by atoms with Crippen molar-refractivity contribution in [3.05, 3.63) is 46.0 Å². The molecule has 0 aliphatic carbocycles. The Bertz CT molecular complexity index is 585. The molecule has 5 N–H and O–H groups in total. The highest BCUT2D eigenvalue weighted by molar-refractivity contribution is 5.94. The van der Waals surface area contributed by atoms with Gasteiger partial charge in [-0.05, 0) is 18.2 Å². The van der Waals surface area contributed by atoms with Gasteiger partial charge in [0.25, 0.3) is 5.69 Å². The first kappa shape index (κ1) is 16.0. The number of nitrogens with zero attached hydrogens (tertiary/aromatic N) is 1. The van der Waals surface area contributed by atoms with Crippen LogP contribution in [-0.4, -0.2) is 30.1 Å². The fraction of sp³-hybridized carbons (Fsp3) is 0.167. The van der Waals surface area contributed by atoms with Crippen molar-refractivity contribution in [3.8, 4) is 0 Å². The smallest absolute Gasteiger partial charge is 0.404 e. The first-order chi connectivity index (χ1) is 9.91. The van der Waals surface area contributed by atoms with Crippen LogP contribution >= 0.6 is 0 Å². The van der Waals surface area contributed by atoms with Crippen LogP contribution in [-0.2, 0) is 4.74 Å². The monoisotopic (exact) mass is 294 g/mol. The molecule has 0 spiro atoms. The van der Waals surface area contributed by atoms with E-state index in [9.17, 15) is 19.7 Å². The first-order valence-electron chi connectivity index (χ1n) is 5.81. The molecule has 0 atom stereocenters. The minimum atomic E-state index is -0.884. The number of hydrogen-bond donors (Lipinski definition) is 3. The number of primary amides is 2. The van der Waals surface area contributed by atoms with Gasteiger partial charge < -0.3 is 21.5 Å². The minimum absolute atomic E-state index is 0.0136. The largest absolute Gasteiger partial charge is 0.445 e. The van der Waals surface area contributed by atoms with E-state index in [4.69, 9.17) is 11.5 Å². The van der Waals surface area contributed by atoms with Crippen LogP contribution in [0.4, 0.5) is 16.2 Å². The number of rotatable bonds is 7. The summed E-state index contributed by atoms with van der Waals surface area (Å²) in [5, 5.41) is 13.7. The Hall–Kier alpha value is -3.10. The lowest BCUT2D eigenvalue weighted by molar-refractivity contribution is -0.384. The lowest BCUT2D eigenvalue weighted by Gasteiger charge is -2.05. The molecule has 2 amide bonds. The van der Waals surface area contributed by atoms with Crippen molar-refractivity contribution in [2.24, 2.45) is 11.5 Å². The molecule has 0 radical (unpaired) electrons. The Labute approximate surface area is 119 Å². The van der Waals surface area contributed by atoms with Crippen LogP contribution in [0.15, 0.2) is 30.4 Å². The number of nitrogens with one attached hydrogen (secondary N) is 1. The van der Waals surface area contributed by atoms with E-state index >= 15 is 0 Å². The molecule has 9 nitrogen and oxygen atoms in total. The predicted molar refractivity (Wildman–Crippen MR) is 74.8 cm³/mol. The molecule has 1 aromatic carbocycles. The van der Waals surface area contributed by atoms with E-state index in [2.05, 4.69) is 10.1 Å². The van der Waals surface area contributed by atoms with Crippen molar-refractivity contribution < 1.29 is 19.2 Å². The fourth-order valence-electron chi connectivity index (χ4n) is 1.44. The molecule has 0 fully saturated rings. The van der Waals surface area contributed by atoms with Gasteiger partial charge in [-0.15, -0.1) is 0 Å². The van der Waals surface area contributed by atoms with Gasteiger partial charge in [0, 0.05) is 18.2 Å². The van der Waals surface area contributed by atoms with E-state index < -0.39 is 16.9 Å². The summed E-state index contributed by atoms with van der Waals surface area (Å²) in [6.45, 7) is 0.276. The highest BCUT2D eigenvalue weighted by Gasteiger charge is 2.15. The van der Waals surface area contributed by atoms with Crippen molar-refractivity contribution in [3.63, 3.8) is 0 Å². The molecule has 0 bridgehead atoms. The van der Waals surface area contributed by atoms with Crippen LogP contribution < -0.4 is 16.8 Å². The molecule has 21 heavy (non-hydrogen) atoms. The van der Waals surface area contributed by atoms with Crippen LogP contribution in [0.1, 0.15) is 10.4 Å². The number of anilines is 1. The second-order valence-electron chi connectivity index (χ2n) is 3.84. The van der Waals surface area contributed by atoms with Crippen molar-refractivity contribution in [1.82, 2.24) is 0 Å². The van der Waals surface area contributed by atoms with Crippen molar-refractivity contribution >= 4 is 23.4 Å². The van der Waals surface area contributed by atoms with E-state index in [1.807, 2.05) is 0 Å². The average molecular weight is 294 g/mol. The third-order valence-electron chi connectivity index (χ3n) is 2.38. The molecule has 0 saturated heterocycles. The van der Waals surface area contributed by atoms with E-state index in [0.717, 1.165) is 6.07 Å². The number of ether oxygens (including phenoxy) is 1. The Morgan fingerprint density at radius 1 is 1.33 bits per heavy atom. The highest BCUT2D eigenvalue weighted by atomic mass is 16.6. The molecule has 1 aromatic rings. The van der Waals surface area contributed by atoms with Gasteiger partial charge in [-0.1, -0.05) is 6.08 Å². The van der Waals surface area contributed by atoms with Crippen molar-refractivity contribution in [2.75, 3.05) is 18.5 Å². The molecule has 1 rings (SSSR count). The number of amides is 2. The van der Waals surface area contributed by atoms with Gasteiger partial charge in [0.05, 0.1) is 4.92 Å². The predicted octanol–water partition coefficient (Wildman–Crippen LogP) is 0.757. The van der Waals surface area contributed by atoms with Gasteiger partial charge >= 0.3 is 6.09 Å². The summed E-state index contributed by atoms with van der Waals surface area (Å²) in [6.07, 6.45) is 2.25. The van der Waals surface area contributed by atoms with Gasteiger partial charge in [-0.2, -0.15) is 0 Å². The maximum absolute atomic E-state index is 11.0. The summed E-state index contributed by atoms with van der Waals surface area (Å²) in [6, 6.07) is 3.88. The zero-order valence-corrected chi connectivity index (χ0v) is 10.9. The molecule has 0 aliphatic heterocycles. The molecule has 0 saturated carbocycles. The number of carbonyl (C=O) groups is 2. The molecule has 0 aromatic heterocycles. The van der Waals surface area contributed by atoms with Gasteiger partial charge in [0.1, 0.15) is 12.3 Å². The summed E-state index contributed by atoms with van der Waals surface area (Å²) < 4.78 is 4.46. The SMILES string of the molecule is NC(=O)OC/C=C/CNc1ccc(C(N)=O)cc1[N+](=O)[O-]. The second-order valence-corrected chi connectivity index (χ2v) is 3.84. The Balaban J connectivity index is 2.68. The van der Waals surface area contributed by atoms with Gasteiger partial charge in [0.2, 0.25) is 5.91 Å². The average Bonchev–Trinajstić information content (AvgIpc) is 2.42. The van der Waals surface area contributed by atoms with Crippen LogP contribution in [0.2, 0.25) is 0 Å². The third kappa shape index (κ3) is 5.19. The normalized spacial score (nSPS) is 10.3. The zero-order chi connectivity index (χ0) is 15.8. The number of carbonyl (C=O) groups excluding carboxylic acids is 2. The van der Waals surface area contributed by atoms with E-state index in [1.165, 1.54) is 18.2 Å². The summed E-state index contributed by atoms with van der Waals surface area (Å²) in [7, 11) is 0. The van der Waals surface area contributed by atoms with Crippen molar-refractivity contribution in [2.45, 2.75) is 0 Å². The summed E-state index contributed by atoms with van der Waals surface area (Å²) in [5.74, 6) is -0.742. The summed E-state index contributed by atoms with van der Waals surface area (Å²) >= 11 is 0. The minimum Gasteiger partial charge on any atom is -0.445 e. The Morgan fingerprint density at radius 2 is 2.05 bits per heavy atom. The number of nitro benzene ring substituents is 1. The Kier molecular flexibility index (Phi) is 5.68. The van der Waals surface area contributed by atoms with Gasteiger partial charge in [-0.3, -0.25) is 14.9 Å². The van der Waals surface area contributed by atoms with E-state index in [0.29, 0.717) is 0 Å². The van der Waals surface area contributed by atoms with Gasteiger partial charge in [-0.25, -0.2) is 4.79 Å². The summed E-state index contributed by atoms with van der Waals surface area (Å²) in [5.41, 5.74) is 9.87. The maximum Gasteiger partial charge on any atom is 0.404 e. The van der Waals surface area contributed by atoms with E-state index in [1.54, 1.807) is 6.08 Å². The lowest BCUT2D eigenvalue weighted by Crippen LogP contribution is -2.13. The Morgan fingerprint density at radius 3 is 2.62 bits per heavy atom. The van der Waals surface area contributed by atoms with Crippen LogP contribution in [0.25, 0.3) is 0 Å². The zero-order valence-electron chi connectivity index (χ0n) is 10.9. The standard InChI is InChI=1S/C12H14N4O5/c13-11(17)8-3-4-9(10(7-8)16(19)20)15-5-1-2-6-21-12(14)18/h1-4,7,15H,5-6H2,(H2,13,17)(H2,14,18)/b2-1+. The molecule has 9 heteroatoms. The lowest BCUT2D eigenvalue weighted by atomic mass is 10.1. The van der Waals surface area contributed by atoms with Gasteiger partial charge in [0.15, 0.2) is 0 Å². The number of benzene rings is 1. The fourth-order valence-corrected chi connectivity index (χ4v) is 1.44. The summed E-state index contributed by atoms with van der Waals surface area (Å²) in [4.78, 5) is 31.6. The van der Waals surface area contributed by atoms with Crippen LogP contribution in [0, 0.1) is 10.1 Å².